The number of carbonyl (C=O) groups is 1. The minimum absolute atomic E-state index is 0.101. The van der Waals surface area contributed by atoms with Gasteiger partial charge in [0.1, 0.15) is 16.5 Å². The van der Waals surface area contributed by atoms with Crippen molar-refractivity contribution in [3.63, 3.8) is 0 Å². The number of hydrogen-bond donors (Lipinski definition) is 2. The normalized spacial score (nSPS) is 11.3. The summed E-state index contributed by atoms with van der Waals surface area (Å²) in [6, 6.07) is 16.5. The first kappa shape index (κ1) is 20.0. The number of hydrogen-bond acceptors (Lipinski definition) is 6. The third-order valence-corrected chi connectivity index (χ3v) is 4.99. The van der Waals surface area contributed by atoms with Crippen LogP contribution in [0.5, 0.6) is 5.75 Å². The van der Waals surface area contributed by atoms with Gasteiger partial charge in [-0.25, -0.2) is 9.18 Å². The van der Waals surface area contributed by atoms with Crippen molar-refractivity contribution >= 4 is 28.0 Å². The van der Waals surface area contributed by atoms with Crippen molar-refractivity contribution in [2.24, 2.45) is 5.10 Å². The van der Waals surface area contributed by atoms with E-state index in [9.17, 15) is 17.6 Å². The molecule has 0 radical (unpaired) electrons. The number of hydrazone groups is 1. The second-order valence-corrected chi connectivity index (χ2v) is 7.36. The number of halogens is 1. The largest absolute Gasteiger partial charge is 0.478 e. The molecule has 0 aliphatic carbocycles. The minimum Gasteiger partial charge on any atom is -0.478 e. The van der Waals surface area contributed by atoms with Gasteiger partial charge in [-0.3, -0.25) is 5.43 Å². The minimum atomic E-state index is -4.06. The summed E-state index contributed by atoms with van der Waals surface area (Å²) in [4.78, 5) is 10.7. The van der Waals surface area contributed by atoms with E-state index in [1.54, 1.807) is 24.3 Å². The summed E-state index contributed by atoms with van der Waals surface area (Å²) < 4.78 is 42.3. The van der Waals surface area contributed by atoms with E-state index in [2.05, 4.69) is 10.5 Å². The molecular weight excluding hydrogens is 399 g/mol. The lowest BCUT2D eigenvalue weighted by molar-refractivity contribution is 0.0697. The van der Waals surface area contributed by atoms with Gasteiger partial charge in [0.15, 0.2) is 0 Å². The van der Waals surface area contributed by atoms with Crippen molar-refractivity contribution in [3.05, 3.63) is 89.7 Å². The van der Waals surface area contributed by atoms with E-state index >= 15 is 0 Å². The first-order chi connectivity index (χ1) is 13.8. The van der Waals surface area contributed by atoms with E-state index in [-0.39, 0.29) is 16.2 Å². The van der Waals surface area contributed by atoms with Crippen LogP contribution in [0.1, 0.15) is 15.9 Å². The Hall–Kier alpha value is -3.72. The fourth-order valence-electron chi connectivity index (χ4n) is 2.25. The molecule has 9 heteroatoms. The van der Waals surface area contributed by atoms with Crippen LogP contribution in [-0.4, -0.2) is 25.7 Å². The zero-order valence-corrected chi connectivity index (χ0v) is 15.6. The zero-order chi connectivity index (χ0) is 20.9. The standard InChI is InChI=1S/C20H15FN2O5S/c21-16-5-11-19(12-6-16)29(26,27)28-18-9-1-14(2-10-18)13-22-23-17-7-3-15(4-8-17)20(24)25/h1-13,23H,(H,24,25)/b22-13-. The molecule has 0 saturated carbocycles. The van der Waals surface area contributed by atoms with Crippen LogP contribution in [0, 0.1) is 5.82 Å². The van der Waals surface area contributed by atoms with Gasteiger partial charge in [-0.1, -0.05) is 0 Å². The molecule has 0 bridgehead atoms. The lowest BCUT2D eigenvalue weighted by Crippen LogP contribution is -2.09. The molecule has 3 aromatic carbocycles. The molecule has 0 heterocycles. The lowest BCUT2D eigenvalue weighted by Gasteiger charge is -2.07. The number of nitrogens with zero attached hydrogens (tertiary/aromatic N) is 1. The van der Waals surface area contributed by atoms with Crippen molar-refractivity contribution < 1.29 is 26.9 Å². The third kappa shape index (κ3) is 5.39. The van der Waals surface area contributed by atoms with Crippen molar-refractivity contribution in [1.29, 1.82) is 0 Å². The zero-order valence-electron chi connectivity index (χ0n) is 14.8. The number of nitrogens with one attached hydrogen (secondary N) is 1. The Morgan fingerprint density at radius 1 is 0.966 bits per heavy atom. The maximum absolute atomic E-state index is 12.9. The Labute approximate surface area is 166 Å². The first-order valence-electron chi connectivity index (χ1n) is 8.26. The highest BCUT2D eigenvalue weighted by Crippen LogP contribution is 2.19. The van der Waals surface area contributed by atoms with Crippen LogP contribution < -0.4 is 9.61 Å². The van der Waals surface area contributed by atoms with Crippen LogP contribution in [-0.2, 0) is 10.1 Å². The topological polar surface area (TPSA) is 105 Å². The van der Waals surface area contributed by atoms with Crippen molar-refractivity contribution in [1.82, 2.24) is 0 Å². The van der Waals surface area contributed by atoms with Crippen molar-refractivity contribution in [2.75, 3.05) is 5.43 Å². The van der Waals surface area contributed by atoms with Gasteiger partial charge in [-0.05, 0) is 78.4 Å². The summed E-state index contributed by atoms with van der Waals surface area (Å²) in [7, 11) is -4.06. The predicted octanol–water partition coefficient (Wildman–Crippen LogP) is 3.74. The highest BCUT2D eigenvalue weighted by atomic mass is 32.2. The van der Waals surface area contributed by atoms with Gasteiger partial charge in [0, 0.05) is 0 Å². The summed E-state index contributed by atoms with van der Waals surface area (Å²) in [5.41, 5.74) is 4.21. The highest BCUT2D eigenvalue weighted by molar-refractivity contribution is 7.87. The summed E-state index contributed by atoms with van der Waals surface area (Å²) in [6.45, 7) is 0. The van der Waals surface area contributed by atoms with Gasteiger partial charge in [0.25, 0.3) is 0 Å². The Kier molecular flexibility index (Phi) is 5.89. The molecule has 0 unspecified atom stereocenters. The molecule has 0 fully saturated rings. The van der Waals surface area contributed by atoms with Crippen LogP contribution in [0.15, 0.2) is 82.8 Å². The number of carboxylic acids is 1. The van der Waals surface area contributed by atoms with E-state index in [4.69, 9.17) is 9.29 Å². The molecule has 3 aromatic rings. The Bertz CT molecular complexity index is 1130. The number of carboxylic acid groups (broad SMARTS) is 1. The smallest absolute Gasteiger partial charge is 0.339 e. The van der Waals surface area contributed by atoms with Crippen molar-refractivity contribution in [3.8, 4) is 5.75 Å². The Morgan fingerprint density at radius 3 is 2.17 bits per heavy atom. The molecule has 29 heavy (non-hydrogen) atoms. The average molecular weight is 414 g/mol. The van der Waals surface area contributed by atoms with Crippen LogP contribution in [0.2, 0.25) is 0 Å². The van der Waals surface area contributed by atoms with Gasteiger partial charge in [-0.2, -0.15) is 13.5 Å². The molecule has 7 nitrogen and oxygen atoms in total. The van der Waals surface area contributed by atoms with Gasteiger partial charge >= 0.3 is 16.1 Å². The molecule has 0 spiro atoms. The molecule has 0 atom stereocenters. The van der Waals surface area contributed by atoms with Gasteiger partial charge in [-0.15, -0.1) is 0 Å². The maximum atomic E-state index is 12.9. The van der Waals surface area contributed by atoms with Gasteiger partial charge < -0.3 is 9.29 Å². The number of aromatic carboxylic acids is 1. The molecule has 0 aliphatic heterocycles. The van der Waals surface area contributed by atoms with Crippen molar-refractivity contribution in [2.45, 2.75) is 4.90 Å². The third-order valence-electron chi connectivity index (χ3n) is 3.73. The SMILES string of the molecule is O=C(O)c1ccc(N/N=C\c2ccc(OS(=O)(=O)c3ccc(F)cc3)cc2)cc1. The Morgan fingerprint density at radius 2 is 1.59 bits per heavy atom. The molecular formula is C20H15FN2O5S. The predicted molar refractivity (Wildman–Crippen MR) is 105 cm³/mol. The molecule has 0 aromatic heterocycles. The molecule has 0 aliphatic rings. The molecule has 3 rings (SSSR count). The van der Waals surface area contributed by atoms with Crippen LogP contribution in [0.25, 0.3) is 0 Å². The molecule has 2 N–H and O–H groups in total. The summed E-state index contributed by atoms with van der Waals surface area (Å²) in [5, 5.41) is 12.9. The average Bonchev–Trinajstić information content (AvgIpc) is 2.70. The monoisotopic (exact) mass is 414 g/mol. The van der Waals surface area contributed by atoms with Crippen LogP contribution in [0.4, 0.5) is 10.1 Å². The fraction of sp³-hybridized carbons (Fsp3) is 0. The Balaban J connectivity index is 1.61. The number of rotatable bonds is 7. The second-order valence-electron chi connectivity index (χ2n) is 5.81. The summed E-state index contributed by atoms with van der Waals surface area (Å²) >= 11 is 0. The molecule has 0 saturated heterocycles. The summed E-state index contributed by atoms with van der Waals surface area (Å²) in [5.74, 6) is -1.45. The van der Waals surface area contributed by atoms with E-state index < -0.39 is 21.9 Å². The second kappa shape index (κ2) is 8.53. The van der Waals surface area contributed by atoms with Gasteiger partial charge in [0.2, 0.25) is 0 Å². The van der Waals surface area contributed by atoms with E-state index in [1.165, 1.54) is 30.5 Å². The van der Waals surface area contributed by atoms with Crippen LogP contribution in [0.3, 0.4) is 0 Å². The highest BCUT2D eigenvalue weighted by Gasteiger charge is 2.16. The van der Waals surface area contributed by atoms with Gasteiger partial charge in [0.05, 0.1) is 17.5 Å². The first-order valence-corrected chi connectivity index (χ1v) is 9.67. The van der Waals surface area contributed by atoms with E-state index in [1.807, 2.05) is 0 Å². The lowest BCUT2D eigenvalue weighted by atomic mass is 10.2. The fourth-order valence-corrected chi connectivity index (χ4v) is 3.18. The molecule has 0 amide bonds. The maximum Gasteiger partial charge on any atom is 0.339 e. The van der Waals surface area contributed by atoms with Crippen LogP contribution >= 0.6 is 0 Å². The quantitative estimate of drug-likeness (QED) is 0.347. The summed E-state index contributed by atoms with van der Waals surface area (Å²) in [6.07, 6.45) is 1.50. The van der Waals surface area contributed by atoms with E-state index in [0.717, 1.165) is 24.3 Å². The number of benzene rings is 3. The number of anilines is 1. The molecule has 148 valence electrons. The van der Waals surface area contributed by atoms with E-state index in [0.29, 0.717) is 11.3 Å².